The summed E-state index contributed by atoms with van der Waals surface area (Å²) in [4.78, 5) is 31.8. The fourth-order valence-electron chi connectivity index (χ4n) is 3.57. The lowest BCUT2D eigenvalue weighted by atomic mass is 10.0. The van der Waals surface area contributed by atoms with Crippen LogP contribution in [0.4, 0.5) is 0 Å². The van der Waals surface area contributed by atoms with Gasteiger partial charge in [0.05, 0.1) is 6.61 Å². The Bertz CT molecular complexity index is 1020. The van der Waals surface area contributed by atoms with Crippen LogP contribution in [0.5, 0.6) is 0 Å². The lowest BCUT2D eigenvalue weighted by Gasteiger charge is -2.35. The van der Waals surface area contributed by atoms with E-state index in [1.54, 1.807) is 30.2 Å². The highest BCUT2D eigenvalue weighted by atomic mass is 16.5. The molecule has 4 rings (SSSR count). The fourth-order valence-corrected chi connectivity index (χ4v) is 3.57. The third-order valence-electron chi connectivity index (χ3n) is 5.06. The number of amides is 2. The largest absolute Gasteiger partial charge is 0.441 e. The zero-order valence-corrected chi connectivity index (χ0v) is 16.3. The van der Waals surface area contributed by atoms with Crippen LogP contribution in [0.15, 0.2) is 52.9 Å². The molecule has 0 bridgehead atoms. The number of hydrogen-bond acceptors (Lipinski definition) is 5. The standard InChI is InChI=1S/C22H23N3O4/c1-28-12-9-20-24-17-8-7-16(14-19(17)29-20)22(27)25-11-10-23-21(26)18(25)13-15-5-3-2-4-6-15/h2-8,14,18H,9-13H2,1H3,(H,23,26). The Labute approximate surface area is 168 Å². The molecule has 1 aliphatic rings. The van der Waals surface area contributed by atoms with Gasteiger partial charge in [0.2, 0.25) is 5.91 Å². The van der Waals surface area contributed by atoms with Gasteiger partial charge in [-0.3, -0.25) is 9.59 Å². The van der Waals surface area contributed by atoms with E-state index < -0.39 is 6.04 Å². The highest BCUT2D eigenvalue weighted by Gasteiger charge is 2.33. The number of nitrogens with one attached hydrogen (secondary N) is 1. The van der Waals surface area contributed by atoms with Gasteiger partial charge in [-0.15, -0.1) is 0 Å². The van der Waals surface area contributed by atoms with Crippen molar-refractivity contribution in [2.75, 3.05) is 26.8 Å². The zero-order chi connectivity index (χ0) is 20.2. The molecule has 1 fully saturated rings. The molecule has 0 saturated carbocycles. The van der Waals surface area contributed by atoms with E-state index in [1.165, 1.54) is 0 Å². The Balaban J connectivity index is 1.58. The van der Waals surface area contributed by atoms with E-state index in [0.717, 1.165) is 5.56 Å². The molecular formula is C22H23N3O4. The van der Waals surface area contributed by atoms with Gasteiger partial charge in [-0.25, -0.2) is 4.98 Å². The van der Waals surface area contributed by atoms with Gasteiger partial charge in [0, 0.05) is 38.6 Å². The van der Waals surface area contributed by atoms with Crippen LogP contribution in [0.25, 0.3) is 11.1 Å². The third-order valence-corrected chi connectivity index (χ3v) is 5.06. The normalized spacial score (nSPS) is 16.8. The summed E-state index contributed by atoms with van der Waals surface area (Å²) in [6.07, 6.45) is 1.05. The van der Waals surface area contributed by atoms with E-state index in [1.807, 2.05) is 30.3 Å². The van der Waals surface area contributed by atoms with E-state index in [0.29, 0.717) is 55.1 Å². The highest BCUT2D eigenvalue weighted by Crippen LogP contribution is 2.21. The van der Waals surface area contributed by atoms with Crippen molar-refractivity contribution < 1.29 is 18.7 Å². The molecule has 3 aromatic rings. The lowest BCUT2D eigenvalue weighted by Crippen LogP contribution is -2.58. The van der Waals surface area contributed by atoms with Crippen molar-refractivity contribution >= 4 is 22.9 Å². The van der Waals surface area contributed by atoms with Crippen molar-refractivity contribution in [3.8, 4) is 0 Å². The predicted molar refractivity (Wildman–Crippen MR) is 108 cm³/mol. The smallest absolute Gasteiger partial charge is 0.254 e. The molecule has 0 spiro atoms. The average Bonchev–Trinajstić information content (AvgIpc) is 3.16. The molecule has 2 heterocycles. The molecule has 2 aromatic carbocycles. The first-order chi connectivity index (χ1) is 14.2. The maximum Gasteiger partial charge on any atom is 0.254 e. The van der Waals surface area contributed by atoms with Gasteiger partial charge in [0.15, 0.2) is 11.5 Å². The van der Waals surface area contributed by atoms with Gasteiger partial charge < -0.3 is 19.4 Å². The molecular weight excluding hydrogens is 370 g/mol. The first kappa shape index (κ1) is 19.1. The minimum Gasteiger partial charge on any atom is -0.441 e. The van der Waals surface area contributed by atoms with Gasteiger partial charge in [0.1, 0.15) is 11.6 Å². The quantitative estimate of drug-likeness (QED) is 0.694. The van der Waals surface area contributed by atoms with Crippen LogP contribution in [-0.4, -0.2) is 54.5 Å². The summed E-state index contributed by atoms with van der Waals surface area (Å²) in [6.45, 7) is 1.43. The molecule has 1 unspecified atom stereocenters. The summed E-state index contributed by atoms with van der Waals surface area (Å²) in [5.74, 6) is 0.263. The molecule has 29 heavy (non-hydrogen) atoms. The van der Waals surface area contributed by atoms with Gasteiger partial charge in [-0.1, -0.05) is 30.3 Å². The summed E-state index contributed by atoms with van der Waals surface area (Å²) in [5, 5.41) is 2.87. The summed E-state index contributed by atoms with van der Waals surface area (Å²) in [6, 6.07) is 14.4. The summed E-state index contributed by atoms with van der Waals surface area (Å²) in [7, 11) is 1.63. The van der Waals surface area contributed by atoms with Crippen LogP contribution in [0, 0.1) is 0 Å². The number of rotatable bonds is 6. The molecule has 150 valence electrons. The van der Waals surface area contributed by atoms with Gasteiger partial charge in [-0.2, -0.15) is 0 Å². The first-order valence-corrected chi connectivity index (χ1v) is 9.66. The molecule has 1 N–H and O–H groups in total. The number of carbonyl (C=O) groups is 2. The molecule has 0 aliphatic carbocycles. The molecule has 1 atom stereocenters. The molecule has 7 heteroatoms. The van der Waals surface area contributed by atoms with Crippen molar-refractivity contribution in [2.24, 2.45) is 0 Å². The Morgan fingerprint density at radius 2 is 2.10 bits per heavy atom. The van der Waals surface area contributed by atoms with Crippen molar-refractivity contribution in [3.05, 3.63) is 65.5 Å². The second kappa shape index (κ2) is 8.45. The molecule has 1 aromatic heterocycles. The molecule has 7 nitrogen and oxygen atoms in total. The van der Waals surface area contributed by atoms with Gasteiger partial charge in [0.25, 0.3) is 5.91 Å². The number of ether oxygens (including phenoxy) is 1. The second-order valence-corrected chi connectivity index (χ2v) is 7.03. The number of fused-ring (bicyclic) bond motifs is 1. The predicted octanol–water partition coefficient (Wildman–Crippen LogP) is 2.20. The topological polar surface area (TPSA) is 84.7 Å². The number of aromatic nitrogens is 1. The van der Waals surface area contributed by atoms with Crippen LogP contribution in [0.2, 0.25) is 0 Å². The summed E-state index contributed by atoms with van der Waals surface area (Å²) < 4.78 is 10.8. The molecule has 0 radical (unpaired) electrons. The third kappa shape index (κ3) is 4.14. The number of hydrogen-bond donors (Lipinski definition) is 1. The Kier molecular flexibility index (Phi) is 5.57. The van der Waals surface area contributed by atoms with Crippen molar-refractivity contribution in [3.63, 3.8) is 0 Å². The van der Waals surface area contributed by atoms with E-state index in [4.69, 9.17) is 9.15 Å². The van der Waals surface area contributed by atoms with Gasteiger partial charge in [-0.05, 0) is 23.8 Å². The molecule has 2 amide bonds. The lowest BCUT2D eigenvalue weighted by molar-refractivity contribution is -0.127. The zero-order valence-electron chi connectivity index (χ0n) is 16.3. The van der Waals surface area contributed by atoms with Crippen LogP contribution < -0.4 is 5.32 Å². The number of benzene rings is 2. The fraction of sp³-hybridized carbons (Fsp3) is 0.318. The van der Waals surface area contributed by atoms with E-state index in [9.17, 15) is 9.59 Å². The Morgan fingerprint density at radius 3 is 2.90 bits per heavy atom. The summed E-state index contributed by atoms with van der Waals surface area (Å²) >= 11 is 0. The van der Waals surface area contributed by atoms with Crippen LogP contribution in [-0.2, 0) is 22.4 Å². The first-order valence-electron chi connectivity index (χ1n) is 9.66. The minimum absolute atomic E-state index is 0.129. The Morgan fingerprint density at radius 1 is 1.28 bits per heavy atom. The van der Waals surface area contributed by atoms with E-state index in [2.05, 4.69) is 10.3 Å². The monoisotopic (exact) mass is 393 g/mol. The van der Waals surface area contributed by atoms with Crippen molar-refractivity contribution in [1.29, 1.82) is 0 Å². The van der Waals surface area contributed by atoms with E-state index in [-0.39, 0.29) is 11.8 Å². The van der Waals surface area contributed by atoms with Crippen molar-refractivity contribution in [1.82, 2.24) is 15.2 Å². The second-order valence-electron chi connectivity index (χ2n) is 7.03. The highest BCUT2D eigenvalue weighted by molar-refractivity contribution is 6.00. The SMILES string of the molecule is COCCc1nc2ccc(C(=O)N3CCNC(=O)C3Cc3ccccc3)cc2o1. The maximum atomic E-state index is 13.2. The number of nitrogens with zero attached hydrogens (tertiary/aromatic N) is 2. The van der Waals surface area contributed by atoms with Crippen LogP contribution in [0.1, 0.15) is 21.8 Å². The number of carbonyl (C=O) groups excluding carboxylic acids is 2. The van der Waals surface area contributed by atoms with Gasteiger partial charge >= 0.3 is 0 Å². The summed E-state index contributed by atoms with van der Waals surface area (Å²) in [5.41, 5.74) is 2.76. The van der Waals surface area contributed by atoms with Crippen LogP contribution in [0.3, 0.4) is 0 Å². The molecule has 1 aliphatic heterocycles. The van der Waals surface area contributed by atoms with E-state index >= 15 is 0 Å². The number of oxazole rings is 1. The number of piperazine rings is 1. The Hall–Kier alpha value is -3.19. The molecule has 1 saturated heterocycles. The average molecular weight is 393 g/mol. The minimum atomic E-state index is -0.540. The van der Waals surface area contributed by atoms with Crippen LogP contribution >= 0.6 is 0 Å². The maximum absolute atomic E-state index is 13.2. The van der Waals surface area contributed by atoms with Crippen molar-refractivity contribution in [2.45, 2.75) is 18.9 Å². The number of methoxy groups -OCH3 is 1.